The van der Waals surface area contributed by atoms with Gasteiger partial charge in [0.1, 0.15) is 0 Å². The molecule has 1 aromatic heterocycles. The molecule has 0 fully saturated rings. The van der Waals surface area contributed by atoms with Crippen LogP contribution >= 0.6 is 0 Å². The van der Waals surface area contributed by atoms with Gasteiger partial charge >= 0.3 is 0 Å². The first-order valence-corrected chi connectivity index (χ1v) is 4.67. The van der Waals surface area contributed by atoms with Gasteiger partial charge in [-0.1, -0.05) is 6.92 Å². The van der Waals surface area contributed by atoms with E-state index in [1.807, 2.05) is 33.0 Å². The Morgan fingerprint density at radius 2 is 2.00 bits per heavy atom. The van der Waals surface area contributed by atoms with Crippen molar-refractivity contribution in [2.45, 2.75) is 39.7 Å². The normalized spacial score (nSPS) is 11.7. The van der Waals surface area contributed by atoms with Crippen molar-refractivity contribution >= 4 is 0 Å². The highest BCUT2D eigenvalue weighted by Crippen LogP contribution is 2.10. The minimum Gasteiger partial charge on any atom is -0.310 e. The third kappa shape index (κ3) is 2.20. The summed E-state index contributed by atoms with van der Waals surface area (Å²) in [5.74, 6) is 0. The third-order valence-electron chi connectivity index (χ3n) is 2.11. The van der Waals surface area contributed by atoms with Gasteiger partial charge in [0.05, 0.1) is 0 Å². The van der Waals surface area contributed by atoms with Crippen LogP contribution in [0.4, 0.5) is 0 Å². The quantitative estimate of drug-likeness (QED) is 0.647. The maximum atomic E-state index is 11.6. The molecule has 0 aromatic carbocycles. The molecule has 0 aliphatic heterocycles. The van der Waals surface area contributed by atoms with Crippen molar-refractivity contribution < 1.29 is 0 Å². The van der Waals surface area contributed by atoms with E-state index in [-0.39, 0.29) is 11.1 Å². The first kappa shape index (κ1) is 10.0. The first-order valence-electron chi connectivity index (χ1n) is 4.67. The van der Waals surface area contributed by atoms with Crippen LogP contribution in [0, 0.1) is 0 Å². The SMILES string of the molecule is CCc1ccn(C(C)(C)C)c(=O)c1. The fourth-order valence-corrected chi connectivity index (χ4v) is 1.29. The van der Waals surface area contributed by atoms with Gasteiger partial charge in [-0.25, -0.2) is 0 Å². The van der Waals surface area contributed by atoms with Crippen LogP contribution in [0.1, 0.15) is 33.3 Å². The molecule has 0 amide bonds. The summed E-state index contributed by atoms with van der Waals surface area (Å²) < 4.78 is 1.76. The van der Waals surface area contributed by atoms with Crippen molar-refractivity contribution in [1.29, 1.82) is 0 Å². The van der Waals surface area contributed by atoms with Gasteiger partial charge in [0, 0.05) is 17.8 Å². The second-order valence-corrected chi connectivity index (χ2v) is 4.27. The van der Waals surface area contributed by atoms with Crippen molar-refractivity contribution in [1.82, 2.24) is 4.57 Å². The van der Waals surface area contributed by atoms with E-state index in [1.54, 1.807) is 10.6 Å². The number of aromatic nitrogens is 1. The molecule has 0 unspecified atom stereocenters. The van der Waals surface area contributed by atoms with Crippen LogP contribution < -0.4 is 5.56 Å². The van der Waals surface area contributed by atoms with Gasteiger partial charge in [0.25, 0.3) is 5.56 Å². The van der Waals surface area contributed by atoms with Gasteiger partial charge in [-0.3, -0.25) is 4.79 Å². The lowest BCUT2D eigenvalue weighted by molar-refractivity contribution is 0.383. The van der Waals surface area contributed by atoms with E-state index in [9.17, 15) is 4.79 Å². The molecule has 2 heteroatoms. The number of hydrogen-bond donors (Lipinski definition) is 0. The van der Waals surface area contributed by atoms with E-state index >= 15 is 0 Å². The van der Waals surface area contributed by atoms with Gasteiger partial charge < -0.3 is 4.57 Å². The van der Waals surface area contributed by atoms with Crippen LogP contribution in [0.5, 0.6) is 0 Å². The predicted octanol–water partition coefficient (Wildman–Crippen LogP) is 2.17. The zero-order valence-corrected chi connectivity index (χ0v) is 8.79. The van der Waals surface area contributed by atoms with Crippen LogP contribution in [0.25, 0.3) is 0 Å². The van der Waals surface area contributed by atoms with Crippen molar-refractivity contribution in [2.75, 3.05) is 0 Å². The molecule has 1 heterocycles. The topological polar surface area (TPSA) is 22.0 Å². The standard InChI is InChI=1S/C11H17NO/c1-5-9-6-7-12(10(13)8-9)11(2,3)4/h6-8H,5H2,1-4H3. The van der Waals surface area contributed by atoms with Crippen molar-refractivity contribution in [3.8, 4) is 0 Å². The Morgan fingerprint density at radius 1 is 1.38 bits per heavy atom. The fourth-order valence-electron chi connectivity index (χ4n) is 1.29. The molecule has 0 saturated carbocycles. The molecule has 0 aliphatic rings. The highest BCUT2D eigenvalue weighted by molar-refractivity contribution is 5.11. The molecule has 1 rings (SSSR count). The van der Waals surface area contributed by atoms with E-state index in [0.29, 0.717) is 0 Å². The highest BCUT2D eigenvalue weighted by Gasteiger charge is 2.13. The lowest BCUT2D eigenvalue weighted by Crippen LogP contribution is -2.32. The summed E-state index contributed by atoms with van der Waals surface area (Å²) in [6.07, 6.45) is 2.79. The number of rotatable bonds is 1. The van der Waals surface area contributed by atoms with Crippen LogP contribution in [0.2, 0.25) is 0 Å². The van der Waals surface area contributed by atoms with Crippen LogP contribution in [0.15, 0.2) is 23.1 Å². The summed E-state index contributed by atoms with van der Waals surface area (Å²) >= 11 is 0. The highest BCUT2D eigenvalue weighted by atomic mass is 16.1. The molecule has 1 aromatic rings. The van der Waals surface area contributed by atoms with E-state index < -0.39 is 0 Å². The van der Waals surface area contributed by atoms with Crippen molar-refractivity contribution in [3.05, 3.63) is 34.2 Å². The third-order valence-corrected chi connectivity index (χ3v) is 2.11. The first-order chi connectivity index (χ1) is 5.95. The summed E-state index contributed by atoms with van der Waals surface area (Å²) in [6.45, 7) is 8.14. The summed E-state index contributed by atoms with van der Waals surface area (Å²) in [5, 5.41) is 0. The van der Waals surface area contributed by atoms with Crippen LogP contribution in [0.3, 0.4) is 0 Å². The minimum atomic E-state index is -0.122. The molecule has 72 valence electrons. The molecule has 0 aliphatic carbocycles. The number of pyridine rings is 1. The Labute approximate surface area is 79.2 Å². The van der Waals surface area contributed by atoms with Gasteiger partial charge in [-0.15, -0.1) is 0 Å². The Morgan fingerprint density at radius 3 is 2.38 bits per heavy atom. The molecule has 0 spiro atoms. The fraction of sp³-hybridized carbons (Fsp3) is 0.545. The predicted molar refractivity (Wildman–Crippen MR) is 55.1 cm³/mol. The molecule has 0 bridgehead atoms. The van der Waals surface area contributed by atoms with Gasteiger partial charge in [-0.05, 0) is 38.8 Å². The summed E-state index contributed by atoms with van der Waals surface area (Å²) in [5.41, 5.74) is 1.07. The lowest BCUT2D eigenvalue weighted by atomic mass is 10.1. The Kier molecular flexibility index (Phi) is 2.60. The second-order valence-electron chi connectivity index (χ2n) is 4.27. The molecule has 0 saturated heterocycles. The van der Waals surface area contributed by atoms with Gasteiger partial charge in [-0.2, -0.15) is 0 Å². The number of nitrogens with zero attached hydrogens (tertiary/aromatic N) is 1. The van der Waals surface area contributed by atoms with Gasteiger partial charge in [0.2, 0.25) is 0 Å². The molecular weight excluding hydrogens is 162 g/mol. The molecular formula is C11H17NO. The maximum absolute atomic E-state index is 11.6. The second kappa shape index (κ2) is 3.36. The van der Waals surface area contributed by atoms with E-state index in [0.717, 1.165) is 12.0 Å². The zero-order chi connectivity index (χ0) is 10.1. The summed E-state index contributed by atoms with van der Waals surface area (Å²) in [7, 11) is 0. The van der Waals surface area contributed by atoms with E-state index in [2.05, 4.69) is 6.92 Å². The largest absolute Gasteiger partial charge is 0.310 e. The van der Waals surface area contributed by atoms with E-state index in [4.69, 9.17) is 0 Å². The Balaban J connectivity index is 3.21. The number of hydrogen-bond acceptors (Lipinski definition) is 1. The van der Waals surface area contributed by atoms with Crippen LogP contribution in [-0.4, -0.2) is 4.57 Å². The smallest absolute Gasteiger partial charge is 0.251 e. The maximum Gasteiger partial charge on any atom is 0.251 e. The average molecular weight is 179 g/mol. The van der Waals surface area contributed by atoms with E-state index in [1.165, 1.54) is 0 Å². The van der Waals surface area contributed by atoms with Crippen molar-refractivity contribution in [3.63, 3.8) is 0 Å². The average Bonchev–Trinajstić information content (AvgIpc) is 2.01. The van der Waals surface area contributed by atoms with Gasteiger partial charge in [0.15, 0.2) is 0 Å². The summed E-state index contributed by atoms with van der Waals surface area (Å²) in [4.78, 5) is 11.6. The number of aryl methyl sites for hydroxylation is 1. The molecule has 2 nitrogen and oxygen atoms in total. The monoisotopic (exact) mass is 179 g/mol. The molecule has 0 atom stereocenters. The molecule has 0 N–H and O–H groups in total. The minimum absolute atomic E-state index is 0.0897. The molecule has 0 radical (unpaired) electrons. The molecule has 13 heavy (non-hydrogen) atoms. The Bertz CT molecular complexity index is 344. The lowest BCUT2D eigenvalue weighted by Gasteiger charge is -2.22. The summed E-state index contributed by atoms with van der Waals surface area (Å²) in [6, 6.07) is 3.72. The van der Waals surface area contributed by atoms with Crippen molar-refractivity contribution in [2.24, 2.45) is 0 Å². The Hall–Kier alpha value is -1.05. The van der Waals surface area contributed by atoms with Crippen LogP contribution in [-0.2, 0) is 12.0 Å². The zero-order valence-electron chi connectivity index (χ0n) is 8.79.